The molecule has 1 atom stereocenters. The average Bonchev–Trinajstić information content (AvgIpc) is 2.39. The largest absolute Gasteiger partial charge is 0.394 e. The molecule has 0 fully saturated rings. The summed E-state index contributed by atoms with van der Waals surface area (Å²) < 4.78 is 30.2. The van der Waals surface area contributed by atoms with Crippen LogP contribution in [-0.2, 0) is 14.8 Å². The Morgan fingerprint density at radius 2 is 1.94 bits per heavy atom. The van der Waals surface area contributed by atoms with Crippen LogP contribution in [-0.4, -0.2) is 46.9 Å². The quantitative estimate of drug-likeness (QED) is 0.652. The molecule has 3 N–H and O–H groups in total. The van der Waals surface area contributed by atoms with E-state index in [0.717, 1.165) is 5.69 Å². The van der Waals surface area contributed by atoms with Gasteiger partial charge in [0, 0.05) is 12.8 Å². The summed E-state index contributed by atoms with van der Waals surface area (Å²) in [5.41, 5.74) is 0.723. The Bertz CT molecular complexity index is 458. The van der Waals surface area contributed by atoms with Crippen LogP contribution in [0.1, 0.15) is 0 Å². The van der Waals surface area contributed by atoms with Crippen LogP contribution in [0.5, 0.6) is 0 Å². The molecule has 0 aliphatic heterocycles. The van der Waals surface area contributed by atoms with Crippen molar-refractivity contribution in [1.29, 1.82) is 0 Å². The maximum absolute atomic E-state index is 11.5. The number of benzene rings is 1. The van der Waals surface area contributed by atoms with E-state index in [-0.39, 0.29) is 17.5 Å². The standard InChI is InChI=1S/C11H18N2O4S/c1-12-18(15,16)11-5-3-9(4-6-11)13-10(7-14)8-17-2/h3-6,10,12-14H,7-8H2,1-2H3. The van der Waals surface area contributed by atoms with E-state index in [4.69, 9.17) is 9.84 Å². The molecule has 0 aromatic heterocycles. The minimum absolute atomic E-state index is 0.0651. The summed E-state index contributed by atoms with van der Waals surface area (Å²) in [7, 11) is -0.500. The van der Waals surface area contributed by atoms with Crippen LogP contribution in [0.15, 0.2) is 29.2 Å². The summed E-state index contributed by atoms with van der Waals surface area (Å²) in [6.45, 7) is 0.303. The molecule has 102 valence electrons. The first-order valence-electron chi connectivity index (χ1n) is 5.43. The van der Waals surface area contributed by atoms with E-state index in [9.17, 15) is 8.42 Å². The summed E-state index contributed by atoms with van der Waals surface area (Å²) in [6, 6.07) is 6.05. The molecule has 7 heteroatoms. The minimum atomic E-state index is -3.41. The number of hydrogen-bond acceptors (Lipinski definition) is 5. The van der Waals surface area contributed by atoms with Crippen molar-refractivity contribution in [2.75, 3.05) is 32.7 Å². The fourth-order valence-corrected chi connectivity index (χ4v) is 2.16. The minimum Gasteiger partial charge on any atom is -0.394 e. The molecule has 0 spiro atoms. The number of sulfonamides is 1. The molecule has 0 bridgehead atoms. The summed E-state index contributed by atoms with van der Waals surface area (Å²) in [5.74, 6) is 0. The molecule has 1 aromatic rings. The zero-order valence-electron chi connectivity index (χ0n) is 10.4. The maximum Gasteiger partial charge on any atom is 0.240 e. The van der Waals surface area contributed by atoms with E-state index in [1.165, 1.54) is 19.2 Å². The highest BCUT2D eigenvalue weighted by atomic mass is 32.2. The topological polar surface area (TPSA) is 87.7 Å². The van der Waals surface area contributed by atoms with Crippen molar-refractivity contribution in [3.63, 3.8) is 0 Å². The first kappa shape index (κ1) is 14.9. The third kappa shape index (κ3) is 3.95. The van der Waals surface area contributed by atoms with Gasteiger partial charge in [-0.2, -0.15) is 0 Å². The second-order valence-corrected chi connectivity index (χ2v) is 5.60. The monoisotopic (exact) mass is 274 g/mol. The average molecular weight is 274 g/mol. The Morgan fingerprint density at radius 3 is 2.39 bits per heavy atom. The zero-order chi connectivity index (χ0) is 13.6. The first-order chi connectivity index (χ1) is 8.53. The van der Waals surface area contributed by atoms with Crippen molar-refractivity contribution < 1.29 is 18.3 Å². The Kier molecular flexibility index (Phi) is 5.54. The fraction of sp³-hybridized carbons (Fsp3) is 0.455. The third-order valence-electron chi connectivity index (χ3n) is 2.39. The fourth-order valence-electron chi connectivity index (χ4n) is 1.43. The van der Waals surface area contributed by atoms with Gasteiger partial charge in [-0.3, -0.25) is 0 Å². The molecule has 0 saturated carbocycles. The lowest BCUT2D eigenvalue weighted by Crippen LogP contribution is -2.28. The van der Waals surface area contributed by atoms with Gasteiger partial charge in [0.05, 0.1) is 24.2 Å². The molecule has 1 rings (SSSR count). The number of aliphatic hydroxyl groups is 1. The van der Waals surface area contributed by atoms with E-state index >= 15 is 0 Å². The van der Waals surface area contributed by atoms with Gasteiger partial charge in [0.2, 0.25) is 10.0 Å². The first-order valence-corrected chi connectivity index (χ1v) is 6.91. The summed E-state index contributed by atoms with van der Waals surface area (Å²) in [5, 5.41) is 12.1. The van der Waals surface area contributed by atoms with Crippen LogP contribution in [0.25, 0.3) is 0 Å². The molecule has 0 aliphatic rings. The second kappa shape index (κ2) is 6.69. The van der Waals surface area contributed by atoms with E-state index < -0.39 is 10.0 Å². The molecule has 0 heterocycles. The molecular weight excluding hydrogens is 256 g/mol. The van der Waals surface area contributed by atoms with Gasteiger partial charge in [0.25, 0.3) is 0 Å². The highest BCUT2D eigenvalue weighted by molar-refractivity contribution is 7.89. The highest BCUT2D eigenvalue weighted by Crippen LogP contribution is 2.14. The lowest BCUT2D eigenvalue weighted by molar-refractivity contribution is 0.153. The number of nitrogens with one attached hydrogen (secondary N) is 2. The van der Waals surface area contributed by atoms with Crippen LogP contribution < -0.4 is 10.0 Å². The van der Waals surface area contributed by atoms with Gasteiger partial charge in [-0.05, 0) is 31.3 Å². The van der Waals surface area contributed by atoms with Gasteiger partial charge in [0.15, 0.2) is 0 Å². The van der Waals surface area contributed by atoms with Gasteiger partial charge >= 0.3 is 0 Å². The number of methoxy groups -OCH3 is 1. The van der Waals surface area contributed by atoms with Crippen molar-refractivity contribution >= 4 is 15.7 Å². The smallest absolute Gasteiger partial charge is 0.240 e. The Labute approximate surface area is 107 Å². The molecule has 0 radical (unpaired) electrons. The molecule has 0 aliphatic carbocycles. The number of anilines is 1. The van der Waals surface area contributed by atoms with Crippen molar-refractivity contribution in [2.24, 2.45) is 0 Å². The van der Waals surface area contributed by atoms with Crippen molar-refractivity contribution in [3.05, 3.63) is 24.3 Å². The molecule has 0 saturated heterocycles. The van der Waals surface area contributed by atoms with Crippen LogP contribution in [0, 0.1) is 0 Å². The molecular formula is C11H18N2O4S. The predicted molar refractivity (Wildman–Crippen MR) is 69.1 cm³/mol. The second-order valence-electron chi connectivity index (χ2n) is 3.71. The van der Waals surface area contributed by atoms with Gasteiger partial charge in [-0.15, -0.1) is 0 Å². The van der Waals surface area contributed by atoms with Crippen molar-refractivity contribution in [3.8, 4) is 0 Å². The molecule has 1 unspecified atom stereocenters. The van der Waals surface area contributed by atoms with Gasteiger partial charge in [-0.25, -0.2) is 13.1 Å². The Hall–Kier alpha value is -1.15. The lowest BCUT2D eigenvalue weighted by atomic mass is 10.2. The van der Waals surface area contributed by atoms with E-state index in [1.54, 1.807) is 19.2 Å². The molecule has 0 amide bonds. The van der Waals surface area contributed by atoms with Crippen LogP contribution >= 0.6 is 0 Å². The highest BCUT2D eigenvalue weighted by Gasteiger charge is 2.11. The zero-order valence-corrected chi connectivity index (χ0v) is 11.2. The molecule has 1 aromatic carbocycles. The predicted octanol–water partition coefficient (Wildman–Crippen LogP) is 0.0139. The molecule has 18 heavy (non-hydrogen) atoms. The Balaban J connectivity index is 2.77. The van der Waals surface area contributed by atoms with Gasteiger partial charge < -0.3 is 15.2 Å². The summed E-state index contributed by atoms with van der Waals surface area (Å²) in [4.78, 5) is 0.197. The van der Waals surface area contributed by atoms with Gasteiger partial charge in [-0.1, -0.05) is 0 Å². The van der Waals surface area contributed by atoms with Gasteiger partial charge in [0.1, 0.15) is 0 Å². The molecule has 6 nitrogen and oxygen atoms in total. The number of hydrogen-bond donors (Lipinski definition) is 3. The van der Waals surface area contributed by atoms with Crippen LogP contribution in [0.3, 0.4) is 0 Å². The third-order valence-corrected chi connectivity index (χ3v) is 3.82. The van der Waals surface area contributed by atoms with Crippen molar-refractivity contribution in [2.45, 2.75) is 10.9 Å². The van der Waals surface area contributed by atoms with E-state index in [2.05, 4.69) is 10.0 Å². The lowest BCUT2D eigenvalue weighted by Gasteiger charge is -2.16. The number of aliphatic hydroxyl groups excluding tert-OH is 1. The van der Waals surface area contributed by atoms with E-state index in [1.807, 2.05) is 0 Å². The van der Waals surface area contributed by atoms with Crippen molar-refractivity contribution in [1.82, 2.24) is 4.72 Å². The summed E-state index contributed by atoms with van der Waals surface area (Å²) >= 11 is 0. The number of rotatable bonds is 7. The van der Waals surface area contributed by atoms with Crippen LogP contribution in [0.4, 0.5) is 5.69 Å². The normalized spacial score (nSPS) is 13.3. The Morgan fingerprint density at radius 1 is 1.33 bits per heavy atom. The van der Waals surface area contributed by atoms with E-state index in [0.29, 0.717) is 6.61 Å². The SMILES string of the molecule is CNS(=O)(=O)c1ccc(NC(CO)COC)cc1. The number of ether oxygens (including phenoxy) is 1. The maximum atomic E-state index is 11.5. The summed E-state index contributed by atoms with van der Waals surface area (Å²) in [6.07, 6.45) is 0. The van der Waals surface area contributed by atoms with Crippen LogP contribution in [0.2, 0.25) is 0 Å².